The zero-order valence-electron chi connectivity index (χ0n) is 17.3. The molecule has 2 N–H and O–H groups in total. The summed E-state index contributed by atoms with van der Waals surface area (Å²) in [5.74, 6) is -0.221. The molecule has 0 aromatic heterocycles. The molecule has 2 aromatic rings. The molecule has 0 saturated carbocycles. The number of carbonyl (C=O) groups is 2. The Morgan fingerprint density at radius 2 is 1.63 bits per heavy atom. The summed E-state index contributed by atoms with van der Waals surface area (Å²) in [6.45, 7) is 6.14. The van der Waals surface area contributed by atoms with Crippen molar-refractivity contribution in [1.82, 2.24) is 5.32 Å². The molecule has 0 saturated heterocycles. The number of rotatable bonds is 9. The third-order valence-corrected chi connectivity index (χ3v) is 5.46. The van der Waals surface area contributed by atoms with E-state index in [-0.39, 0.29) is 22.1 Å². The molecule has 0 unspecified atom stereocenters. The highest BCUT2D eigenvalue weighted by molar-refractivity contribution is 7.92. The third-order valence-electron chi connectivity index (χ3n) is 4.08. The van der Waals surface area contributed by atoms with Crippen LogP contribution in [0.5, 0.6) is 5.75 Å². The van der Waals surface area contributed by atoms with Gasteiger partial charge in [-0.2, -0.15) is 0 Å². The van der Waals surface area contributed by atoms with E-state index in [1.807, 2.05) is 13.8 Å². The van der Waals surface area contributed by atoms with Gasteiger partial charge in [-0.3, -0.25) is 9.52 Å². The first-order valence-corrected chi connectivity index (χ1v) is 10.9. The number of hydrogen-bond acceptors (Lipinski definition) is 6. The van der Waals surface area contributed by atoms with Crippen LogP contribution in [-0.2, 0) is 19.6 Å². The van der Waals surface area contributed by atoms with Crippen LogP contribution in [0.2, 0.25) is 0 Å². The lowest BCUT2D eigenvalue weighted by Crippen LogP contribution is -2.38. The number of hydrogen-bond donors (Lipinski definition) is 2. The molecule has 2 rings (SSSR count). The van der Waals surface area contributed by atoms with Crippen molar-refractivity contribution >= 4 is 27.6 Å². The first-order chi connectivity index (χ1) is 14.1. The predicted octanol–water partition coefficient (Wildman–Crippen LogP) is 2.81. The monoisotopic (exact) mass is 434 g/mol. The van der Waals surface area contributed by atoms with Crippen LogP contribution in [-0.4, -0.2) is 40.1 Å². The second-order valence-electron chi connectivity index (χ2n) is 7.01. The van der Waals surface area contributed by atoms with Crippen LogP contribution in [0, 0.1) is 5.92 Å². The maximum Gasteiger partial charge on any atom is 0.339 e. The van der Waals surface area contributed by atoms with Crippen molar-refractivity contribution < 1.29 is 27.5 Å². The lowest BCUT2D eigenvalue weighted by atomic mass is 10.2. The number of methoxy groups -OCH3 is 1. The molecule has 8 nitrogen and oxygen atoms in total. The molecular formula is C21H26N2O6S. The van der Waals surface area contributed by atoms with E-state index in [9.17, 15) is 18.0 Å². The highest BCUT2D eigenvalue weighted by Crippen LogP contribution is 2.23. The van der Waals surface area contributed by atoms with Crippen LogP contribution in [0.3, 0.4) is 0 Å². The molecule has 0 aliphatic heterocycles. The number of carbonyl (C=O) groups excluding carboxylic acids is 2. The summed E-state index contributed by atoms with van der Waals surface area (Å²) in [6, 6.07) is 11.8. The van der Waals surface area contributed by atoms with Gasteiger partial charge in [0.2, 0.25) is 0 Å². The molecule has 0 aliphatic carbocycles. The Bertz CT molecular complexity index is 987. The van der Waals surface area contributed by atoms with Gasteiger partial charge in [0.1, 0.15) is 5.75 Å². The third kappa shape index (κ3) is 6.21. The van der Waals surface area contributed by atoms with Crippen molar-refractivity contribution in [2.45, 2.75) is 31.8 Å². The molecule has 30 heavy (non-hydrogen) atoms. The van der Waals surface area contributed by atoms with Gasteiger partial charge in [-0.05, 0) is 49.2 Å². The summed E-state index contributed by atoms with van der Waals surface area (Å²) >= 11 is 0. The Hall–Kier alpha value is -3.07. The lowest BCUT2D eigenvalue weighted by molar-refractivity contribution is -0.127. The Balaban J connectivity index is 2.10. The van der Waals surface area contributed by atoms with Crippen LogP contribution in [0.1, 0.15) is 31.1 Å². The van der Waals surface area contributed by atoms with E-state index in [0.717, 1.165) is 0 Å². The minimum Gasteiger partial charge on any atom is -0.481 e. The van der Waals surface area contributed by atoms with Crippen LogP contribution < -0.4 is 14.8 Å². The number of para-hydroxylation sites is 1. The second-order valence-corrected chi connectivity index (χ2v) is 8.70. The quantitative estimate of drug-likeness (QED) is 0.587. The Morgan fingerprint density at radius 3 is 2.23 bits per heavy atom. The highest BCUT2D eigenvalue weighted by Gasteiger charge is 2.20. The van der Waals surface area contributed by atoms with E-state index in [0.29, 0.717) is 18.2 Å². The minimum atomic E-state index is -3.95. The summed E-state index contributed by atoms with van der Waals surface area (Å²) in [5, 5.41) is 2.78. The van der Waals surface area contributed by atoms with Crippen LogP contribution in [0.25, 0.3) is 0 Å². The second kappa shape index (κ2) is 10.1. The fourth-order valence-corrected chi connectivity index (χ4v) is 3.55. The SMILES string of the molecule is COC(=O)c1ccccc1NS(=O)(=O)c1ccc(O[C@H](C)C(=O)NCC(C)C)cc1. The first-order valence-electron chi connectivity index (χ1n) is 9.38. The lowest BCUT2D eigenvalue weighted by Gasteiger charge is -2.16. The summed E-state index contributed by atoms with van der Waals surface area (Å²) < 4.78 is 38.0. The Labute approximate surface area is 176 Å². The number of benzene rings is 2. The molecule has 2 aromatic carbocycles. The van der Waals surface area contributed by atoms with Crippen molar-refractivity contribution in [2.75, 3.05) is 18.4 Å². The number of esters is 1. The first kappa shape index (κ1) is 23.2. The summed E-state index contributed by atoms with van der Waals surface area (Å²) in [7, 11) is -2.73. The van der Waals surface area contributed by atoms with E-state index in [2.05, 4.69) is 14.8 Å². The van der Waals surface area contributed by atoms with E-state index >= 15 is 0 Å². The molecule has 0 heterocycles. The molecule has 0 bridgehead atoms. The standard InChI is InChI=1S/C21H26N2O6S/c1-14(2)13-22-20(24)15(3)29-16-9-11-17(12-10-16)30(26,27)23-19-8-6-5-7-18(19)21(25)28-4/h5-12,14-15,23H,13H2,1-4H3,(H,22,24)/t15-/m1/s1. The number of sulfonamides is 1. The van der Waals surface area contributed by atoms with Crippen molar-refractivity contribution in [3.63, 3.8) is 0 Å². The predicted molar refractivity (Wildman–Crippen MR) is 113 cm³/mol. The maximum absolute atomic E-state index is 12.7. The van der Waals surface area contributed by atoms with E-state index in [1.54, 1.807) is 19.1 Å². The van der Waals surface area contributed by atoms with Crippen LogP contribution in [0.4, 0.5) is 5.69 Å². The zero-order valence-corrected chi connectivity index (χ0v) is 18.2. The highest BCUT2D eigenvalue weighted by atomic mass is 32.2. The van der Waals surface area contributed by atoms with E-state index in [1.165, 1.54) is 43.5 Å². The fourth-order valence-electron chi connectivity index (χ4n) is 2.47. The van der Waals surface area contributed by atoms with E-state index in [4.69, 9.17) is 4.74 Å². The average molecular weight is 435 g/mol. The molecule has 9 heteroatoms. The number of nitrogens with one attached hydrogen (secondary N) is 2. The molecule has 162 valence electrons. The smallest absolute Gasteiger partial charge is 0.339 e. The number of anilines is 1. The molecule has 0 spiro atoms. The fraction of sp³-hybridized carbons (Fsp3) is 0.333. The van der Waals surface area contributed by atoms with Gasteiger partial charge in [0.25, 0.3) is 15.9 Å². The van der Waals surface area contributed by atoms with Gasteiger partial charge in [0.05, 0.1) is 23.3 Å². The molecule has 1 atom stereocenters. The van der Waals surface area contributed by atoms with Crippen molar-refractivity contribution in [2.24, 2.45) is 5.92 Å². The zero-order chi connectivity index (χ0) is 22.3. The summed E-state index contributed by atoms with van der Waals surface area (Å²) in [5.41, 5.74) is 0.213. The molecule has 0 radical (unpaired) electrons. The maximum atomic E-state index is 12.7. The van der Waals surface area contributed by atoms with Gasteiger partial charge >= 0.3 is 5.97 Å². The average Bonchev–Trinajstić information content (AvgIpc) is 2.71. The van der Waals surface area contributed by atoms with Crippen LogP contribution >= 0.6 is 0 Å². The normalized spacial score (nSPS) is 12.2. The summed E-state index contributed by atoms with van der Waals surface area (Å²) in [4.78, 5) is 23.8. The molecule has 0 aliphatic rings. The van der Waals surface area contributed by atoms with Crippen molar-refractivity contribution in [3.05, 3.63) is 54.1 Å². The Kier molecular flexibility index (Phi) is 7.82. The van der Waals surface area contributed by atoms with Crippen LogP contribution in [0.15, 0.2) is 53.4 Å². The van der Waals surface area contributed by atoms with Gasteiger partial charge < -0.3 is 14.8 Å². The van der Waals surface area contributed by atoms with Gasteiger partial charge in [-0.1, -0.05) is 26.0 Å². The van der Waals surface area contributed by atoms with E-state index < -0.39 is 22.1 Å². The van der Waals surface area contributed by atoms with Gasteiger partial charge in [0.15, 0.2) is 6.10 Å². The van der Waals surface area contributed by atoms with Crippen molar-refractivity contribution in [1.29, 1.82) is 0 Å². The van der Waals surface area contributed by atoms with Gasteiger partial charge in [-0.15, -0.1) is 0 Å². The molecule has 0 fully saturated rings. The van der Waals surface area contributed by atoms with Gasteiger partial charge in [-0.25, -0.2) is 13.2 Å². The Morgan fingerprint density at radius 1 is 1.00 bits per heavy atom. The van der Waals surface area contributed by atoms with Crippen molar-refractivity contribution in [3.8, 4) is 5.75 Å². The molecular weight excluding hydrogens is 408 g/mol. The molecule has 1 amide bonds. The number of ether oxygens (including phenoxy) is 2. The largest absolute Gasteiger partial charge is 0.481 e. The number of amides is 1. The minimum absolute atomic E-state index is 0.0218. The topological polar surface area (TPSA) is 111 Å². The summed E-state index contributed by atoms with van der Waals surface area (Å²) in [6.07, 6.45) is -0.726. The van der Waals surface area contributed by atoms with Gasteiger partial charge in [0, 0.05) is 6.54 Å².